The monoisotopic (exact) mass is 234 g/mol. The Bertz CT molecular complexity index is 510. The zero-order valence-electron chi connectivity index (χ0n) is 10.7. The normalized spacial score (nSPS) is 11.1. The summed E-state index contributed by atoms with van der Waals surface area (Å²) < 4.78 is 3.61. The van der Waals surface area contributed by atoms with E-state index >= 15 is 0 Å². The molecule has 6 heteroatoms. The molecule has 0 bridgehead atoms. The number of aryl methyl sites for hydroxylation is 3. The Kier molecular flexibility index (Phi) is 3.23. The summed E-state index contributed by atoms with van der Waals surface area (Å²) in [6.07, 6.45) is 1.71. The molecule has 0 aliphatic heterocycles. The molecule has 92 valence electrons. The van der Waals surface area contributed by atoms with Crippen LogP contribution in [-0.4, -0.2) is 24.5 Å². The highest BCUT2D eigenvalue weighted by atomic mass is 15.3. The van der Waals surface area contributed by atoms with Gasteiger partial charge < -0.3 is 5.32 Å². The maximum absolute atomic E-state index is 4.38. The second-order valence-corrected chi connectivity index (χ2v) is 4.21. The van der Waals surface area contributed by atoms with E-state index in [1.807, 2.05) is 25.7 Å². The Labute approximate surface area is 101 Å². The van der Waals surface area contributed by atoms with Crippen molar-refractivity contribution in [2.75, 3.05) is 0 Å². The van der Waals surface area contributed by atoms with Crippen molar-refractivity contribution >= 4 is 0 Å². The third-order valence-electron chi connectivity index (χ3n) is 2.89. The summed E-state index contributed by atoms with van der Waals surface area (Å²) in [5.41, 5.74) is 3.53. The Morgan fingerprint density at radius 2 is 1.94 bits per heavy atom. The second kappa shape index (κ2) is 4.67. The summed E-state index contributed by atoms with van der Waals surface area (Å²) >= 11 is 0. The van der Waals surface area contributed by atoms with Crippen molar-refractivity contribution in [2.24, 2.45) is 14.1 Å². The topological polar surface area (TPSA) is 60.6 Å². The first-order valence-electron chi connectivity index (χ1n) is 5.62. The Morgan fingerprint density at radius 1 is 1.18 bits per heavy atom. The molecule has 0 fully saturated rings. The van der Waals surface area contributed by atoms with Crippen molar-refractivity contribution in [1.29, 1.82) is 0 Å². The van der Waals surface area contributed by atoms with Crippen molar-refractivity contribution in [1.82, 2.24) is 29.9 Å². The summed E-state index contributed by atoms with van der Waals surface area (Å²) in [5.74, 6) is 0.812. The van der Waals surface area contributed by atoms with Crippen LogP contribution >= 0.6 is 0 Å². The largest absolute Gasteiger partial charge is 0.306 e. The molecule has 0 atom stereocenters. The van der Waals surface area contributed by atoms with Crippen LogP contribution in [0, 0.1) is 13.8 Å². The molecule has 6 nitrogen and oxygen atoms in total. The molecule has 0 radical (unpaired) electrons. The van der Waals surface area contributed by atoms with Gasteiger partial charge in [-0.1, -0.05) is 0 Å². The predicted molar refractivity (Wildman–Crippen MR) is 64.2 cm³/mol. The van der Waals surface area contributed by atoms with E-state index in [2.05, 4.69) is 27.4 Å². The van der Waals surface area contributed by atoms with E-state index < -0.39 is 0 Å². The molecular formula is C11H18N6. The second-order valence-electron chi connectivity index (χ2n) is 4.21. The van der Waals surface area contributed by atoms with Gasteiger partial charge in [0.15, 0.2) is 5.82 Å². The lowest BCUT2D eigenvalue weighted by Crippen LogP contribution is -2.15. The van der Waals surface area contributed by atoms with E-state index in [0.717, 1.165) is 18.1 Å². The van der Waals surface area contributed by atoms with Crippen LogP contribution in [0.3, 0.4) is 0 Å². The average Bonchev–Trinajstić information content (AvgIpc) is 2.78. The molecule has 0 aromatic carbocycles. The molecule has 17 heavy (non-hydrogen) atoms. The highest BCUT2D eigenvalue weighted by molar-refractivity contribution is 5.23. The van der Waals surface area contributed by atoms with E-state index in [1.165, 1.54) is 11.3 Å². The zero-order chi connectivity index (χ0) is 12.4. The lowest BCUT2D eigenvalue weighted by atomic mass is 10.2. The van der Waals surface area contributed by atoms with E-state index in [9.17, 15) is 0 Å². The Balaban J connectivity index is 1.94. The molecule has 0 saturated carbocycles. The molecule has 2 rings (SSSR count). The fraction of sp³-hybridized carbons (Fsp3) is 0.545. The Hall–Kier alpha value is -1.69. The SMILES string of the molecule is Cc1nn(C)c(C)c1CNCc1ncn(C)n1. The minimum atomic E-state index is 0.675. The van der Waals surface area contributed by atoms with Crippen molar-refractivity contribution in [3.63, 3.8) is 0 Å². The van der Waals surface area contributed by atoms with Crippen molar-refractivity contribution in [3.8, 4) is 0 Å². The highest BCUT2D eigenvalue weighted by Crippen LogP contribution is 2.11. The van der Waals surface area contributed by atoms with Crippen LogP contribution in [-0.2, 0) is 27.2 Å². The lowest BCUT2D eigenvalue weighted by molar-refractivity contribution is 0.644. The highest BCUT2D eigenvalue weighted by Gasteiger charge is 2.08. The predicted octanol–water partition coefficient (Wildman–Crippen LogP) is 0.455. The third kappa shape index (κ3) is 2.52. The molecular weight excluding hydrogens is 216 g/mol. The fourth-order valence-corrected chi connectivity index (χ4v) is 1.84. The maximum atomic E-state index is 4.38. The van der Waals surface area contributed by atoms with Crippen LogP contribution in [0.25, 0.3) is 0 Å². The van der Waals surface area contributed by atoms with Gasteiger partial charge in [-0.3, -0.25) is 9.36 Å². The number of nitrogens with zero attached hydrogens (tertiary/aromatic N) is 5. The fourth-order valence-electron chi connectivity index (χ4n) is 1.84. The first-order chi connectivity index (χ1) is 8.08. The molecule has 0 unspecified atom stereocenters. The van der Waals surface area contributed by atoms with Gasteiger partial charge in [0.2, 0.25) is 0 Å². The molecule has 0 amide bonds. The maximum Gasteiger partial charge on any atom is 0.164 e. The van der Waals surface area contributed by atoms with Gasteiger partial charge in [0.25, 0.3) is 0 Å². The van der Waals surface area contributed by atoms with Crippen LogP contribution < -0.4 is 5.32 Å². The molecule has 2 aromatic heterocycles. The average molecular weight is 234 g/mol. The van der Waals surface area contributed by atoms with Gasteiger partial charge in [0, 0.05) is 31.9 Å². The van der Waals surface area contributed by atoms with E-state index in [4.69, 9.17) is 0 Å². The molecule has 0 aliphatic rings. The zero-order valence-corrected chi connectivity index (χ0v) is 10.7. The number of hydrogen-bond donors (Lipinski definition) is 1. The summed E-state index contributed by atoms with van der Waals surface area (Å²) in [6.45, 7) is 5.58. The van der Waals surface area contributed by atoms with Crippen LogP contribution in [0.2, 0.25) is 0 Å². The van der Waals surface area contributed by atoms with Crippen LogP contribution in [0.15, 0.2) is 6.33 Å². The van der Waals surface area contributed by atoms with Crippen molar-refractivity contribution in [2.45, 2.75) is 26.9 Å². The molecule has 0 saturated heterocycles. The lowest BCUT2D eigenvalue weighted by Gasteiger charge is -2.03. The summed E-state index contributed by atoms with van der Waals surface area (Å²) in [4.78, 5) is 4.17. The summed E-state index contributed by atoms with van der Waals surface area (Å²) in [7, 11) is 3.83. The first-order valence-corrected chi connectivity index (χ1v) is 5.62. The van der Waals surface area contributed by atoms with Gasteiger partial charge in [-0.2, -0.15) is 10.2 Å². The smallest absolute Gasteiger partial charge is 0.164 e. The molecule has 2 aromatic rings. The van der Waals surface area contributed by atoms with E-state index in [1.54, 1.807) is 11.0 Å². The van der Waals surface area contributed by atoms with Gasteiger partial charge in [-0.05, 0) is 13.8 Å². The number of aromatic nitrogens is 5. The van der Waals surface area contributed by atoms with Crippen LogP contribution in [0.5, 0.6) is 0 Å². The number of rotatable bonds is 4. The first kappa shape index (κ1) is 11.8. The molecule has 0 aliphatic carbocycles. The summed E-state index contributed by atoms with van der Waals surface area (Å²) in [6, 6.07) is 0. The van der Waals surface area contributed by atoms with Crippen molar-refractivity contribution in [3.05, 3.63) is 29.1 Å². The molecule has 1 N–H and O–H groups in total. The molecule has 0 spiro atoms. The third-order valence-corrected chi connectivity index (χ3v) is 2.89. The minimum Gasteiger partial charge on any atom is -0.306 e. The minimum absolute atomic E-state index is 0.675. The van der Waals surface area contributed by atoms with Gasteiger partial charge >= 0.3 is 0 Å². The Morgan fingerprint density at radius 3 is 2.47 bits per heavy atom. The van der Waals surface area contributed by atoms with Gasteiger partial charge in [0.1, 0.15) is 6.33 Å². The number of nitrogens with one attached hydrogen (secondary N) is 1. The van der Waals surface area contributed by atoms with Gasteiger partial charge in [0.05, 0.1) is 12.2 Å². The number of hydrogen-bond acceptors (Lipinski definition) is 4. The van der Waals surface area contributed by atoms with E-state index in [-0.39, 0.29) is 0 Å². The van der Waals surface area contributed by atoms with Gasteiger partial charge in [-0.25, -0.2) is 4.98 Å². The standard InChI is InChI=1S/C11H18N6/c1-8-10(9(2)17(4)14-8)5-12-6-11-13-7-16(3)15-11/h7,12H,5-6H2,1-4H3. The van der Waals surface area contributed by atoms with Gasteiger partial charge in [-0.15, -0.1) is 0 Å². The summed E-state index contributed by atoms with van der Waals surface area (Å²) in [5, 5.41) is 11.9. The van der Waals surface area contributed by atoms with Crippen molar-refractivity contribution < 1.29 is 0 Å². The quantitative estimate of drug-likeness (QED) is 0.834. The molecule has 2 heterocycles. The van der Waals surface area contributed by atoms with Crippen LogP contribution in [0.1, 0.15) is 22.8 Å². The van der Waals surface area contributed by atoms with Crippen LogP contribution in [0.4, 0.5) is 0 Å². The van der Waals surface area contributed by atoms with E-state index in [0.29, 0.717) is 6.54 Å².